The smallest absolute Gasteiger partial charge is 0.303 e. The maximum atomic E-state index is 11.5. The van der Waals surface area contributed by atoms with E-state index in [2.05, 4.69) is 35.2 Å². The molecule has 3 N–H and O–H groups in total. The monoisotopic (exact) mass is 518 g/mol. The van der Waals surface area contributed by atoms with Gasteiger partial charge in [0.05, 0.1) is 0 Å². The van der Waals surface area contributed by atoms with Crippen LogP contribution in [0.1, 0.15) is 43.2 Å². The highest BCUT2D eigenvalue weighted by Gasteiger charge is 2.25. The molecule has 1 amide bonds. The maximum absolute atomic E-state index is 11.5. The molecule has 1 atom stereocenters. The fourth-order valence-corrected chi connectivity index (χ4v) is 4.43. The Morgan fingerprint density at radius 2 is 1.69 bits per heavy atom. The number of nitrogens with two attached hydrogens (primary N) is 1. The minimum absolute atomic E-state index is 0. The Bertz CT molecular complexity index is 919. The second-order valence-corrected chi connectivity index (χ2v) is 9.23. The molecule has 7 nitrogen and oxygen atoms in total. The van der Waals surface area contributed by atoms with Crippen LogP contribution in [0.25, 0.3) is 0 Å². The molecule has 1 heterocycles. The molecule has 0 saturated carbocycles. The molecule has 1 saturated heterocycles. The molecule has 0 spiro atoms. The number of rotatable bonds is 15. The highest BCUT2D eigenvalue weighted by molar-refractivity contribution is 5.85. The number of halogens is 1. The van der Waals surface area contributed by atoms with Gasteiger partial charge in [0, 0.05) is 25.5 Å². The third kappa shape index (κ3) is 10.6. The summed E-state index contributed by atoms with van der Waals surface area (Å²) < 4.78 is 12.4. The number of carbonyl (C=O) groups excluding carboxylic acids is 1. The Kier molecular flexibility index (Phi) is 13.3. The van der Waals surface area contributed by atoms with Gasteiger partial charge in [0.2, 0.25) is 5.91 Å². The van der Waals surface area contributed by atoms with Crippen molar-refractivity contribution < 1.29 is 24.2 Å². The van der Waals surface area contributed by atoms with Gasteiger partial charge in [0.25, 0.3) is 0 Å². The molecule has 36 heavy (non-hydrogen) atoms. The number of amides is 1. The van der Waals surface area contributed by atoms with Gasteiger partial charge < -0.3 is 25.2 Å². The zero-order valence-electron chi connectivity index (χ0n) is 20.8. The zero-order chi connectivity index (χ0) is 24.9. The predicted molar refractivity (Wildman–Crippen MR) is 143 cm³/mol. The van der Waals surface area contributed by atoms with Crippen molar-refractivity contribution in [2.45, 2.75) is 51.0 Å². The number of likely N-dealkylation sites (tertiary alicyclic amines) is 1. The Balaban J connectivity index is 0.00000456. The second kappa shape index (κ2) is 16.2. The molecule has 1 aliphatic heterocycles. The topological polar surface area (TPSA) is 102 Å². The summed E-state index contributed by atoms with van der Waals surface area (Å²) in [5.41, 5.74) is 7.93. The van der Waals surface area contributed by atoms with E-state index >= 15 is 0 Å². The molecule has 1 unspecified atom stereocenters. The van der Waals surface area contributed by atoms with Gasteiger partial charge in [-0.2, -0.15) is 0 Å². The Morgan fingerprint density at radius 1 is 1.00 bits per heavy atom. The second-order valence-electron chi connectivity index (χ2n) is 9.23. The highest BCUT2D eigenvalue weighted by atomic mass is 35.5. The number of carboxylic acid groups (broad SMARTS) is 1. The van der Waals surface area contributed by atoms with Crippen LogP contribution in [0.4, 0.5) is 0 Å². The van der Waals surface area contributed by atoms with Crippen molar-refractivity contribution >= 4 is 24.3 Å². The van der Waals surface area contributed by atoms with Crippen molar-refractivity contribution in [2.75, 3.05) is 32.8 Å². The molecule has 0 radical (unpaired) electrons. The van der Waals surface area contributed by atoms with Crippen molar-refractivity contribution in [3.8, 4) is 5.75 Å². The van der Waals surface area contributed by atoms with Crippen LogP contribution in [-0.4, -0.2) is 60.8 Å². The van der Waals surface area contributed by atoms with Crippen molar-refractivity contribution in [2.24, 2.45) is 11.7 Å². The lowest BCUT2D eigenvalue weighted by molar-refractivity contribution is -0.137. The number of aryl methyl sites for hydroxylation is 2. The molecule has 198 valence electrons. The fraction of sp³-hybridized carbons (Fsp3) is 0.500. The maximum Gasteiger partial charge on any atom is 0.303 e. The number of para-hydroxylation sites is 1. The number of hydrogen-bond donors (Lipinski definition) is 2. The average molecular weight is 519 g/mol. The number of nitrogens with zero attached hydrogens (tertiary/aromatic N) is 1. The third-order valence-electron chi connectivity index (χ3n) is 6.51. The number of carbonyl (C=O) groups is 2. The van der Waals surface area contributed by atoms with Gasteiger partial charge in [0.1, 0.15) is 18.5 Å². The van der Waals surface area contributed by atoms with Gasteiger partial charge in [-0.25, -0.2) is 0 Å². The van der Waals surface area contributed by atoms with Crippen molar-refractivity contribution in [3.05, 3.63) is 65.7 Å². The summed E-state index contributed by atoms with van der Waals surface area (Å²) in [5.74, 6) is -0.176. The molecule has 8 heteroatoms. The van der Waals surface area contributed by atoms with Crippen LogP contribution in [0.3, 0.4) is 0 Å². The van der Waals surface area contributed by atoms with Crippen LogP contribution in [0.5, 0.6) is 5.75 Å². The van der Waals surface area contributed by atoms with Crippen LogP contribution in [0, 0.1) is 5.92 Å². The van der Waals surface area contributed by atoms with E-state index in [4.69, 9.17) is 20.3 Å². The molecule has 0 bridgehead atoms. The Labute approximate surface area is 220 Å². The molecule has 0 aliphatic carbocycles. The molecule has 1 aliphatic rings. The largest absolute Gasteiger partial charge is 0.491 e. The van der Waals surface area contributed by atoms with Crippen LogP contribution in [-0.2, 0) is 27.2 Å². The zero-order valence-corrected chi connectivity index (χ0v) is 21.7. The quantitative estimate of drug-likeness (QED) is 0.344. The van der Waals surface area contributed by atoms with Crippen molar-refractivity contribution in [1.82, 2.24) is 4.90 Å². The summed E-state index contributed by atoms with van der Waals surface area (Å²) in [4.78, 5) is 24.6. The minimum atomic E-state index is -0.783. The number of primary amides is 1. The summed E-state index contributed by atoms with van der Waals surface area (Å²) in [6.07, 6.45) is 4.66. The number of carboxylic acids is 1. The lowest BCUT2D eigenvalue weighted by Crippen LogP contribution is -2.44. The van der Waals surface area contributed by atoms with E-state index in [0.29, 0.717) is 32.6 Å². The summed E-state index contributed by atoms with van der Waals surface area (Å²) in [7, 11) is 0. The summed E-state index contributed by atoms with van der Waals surface area (Å²) >= 11 is 0. The minimum Gasteiger partial charge on any atom is -0.491 e. The van der Waals surface area contributed by atoms with Gasteiger partial charge in [-0.1, -0.05) is 48.5 Å². The van der Waals surface area contributed by atoms with Gasteiger partial charge in [-0.05, 0) is 68.8 Å². The molecule has 3 rings (SSSR count). The lowest BCUT2D eigenvalue weighted by atomic mass is 9.96. The first kappa shape index (κ1) is 29.6. The third-order valence-corrected chi connectivity index (χ3v) is 6.51. The predicted octanol–water partition coefficient (Wildman–Crippen LogP) is 4.11. The molecular weight excluding hydrogens is 480 g/mol. The van der Waals surface area contributed by atoms with Crippen molar-refractivity contribution in [1.29, 1.82) is 0 Å². The van der Waals surface area contributed by atoms with E-state index in [9.17, 15) is 9.59 Å². The first-order valence-electron chi connectivity index (χ1n) is 12.6. The van der Waals surface area contributed by atoms with Crippen LogP contribution < -0.4 is 10.5 Å². The van der Waals surface area contributed by atoms with E-state index in [1.165, 1.54) is 11.1 Å². The highest BCUT2D eigenvalue weighted by Crippen LogP contribution is 2.22. The Morgan fingerprint density at radius 3 is 2.39 bits per heavy atom. The lowest BCUT2D eigenvalue weighted by Gasteiger charge is -2.33. The van der Waals surface area contributed by atoms with Crippen LogP contribution >= 0.6 is 12.4 Å². The van der Waals surface area contributed by atoms with E-state index in [-0.39, 0.29) is 36.8 Å². The number of benzene rings is 2. The summed E-state index contributed by atoms with van der Waals surface area (Å²) in [6.45, 7) is 3.22. The van der Waals surface area contributed by atoms with Gasteiger partial charge in [-0.3, -0.25) is 9.59 Å². The number of unbranched alkanes of at least 4 members (excludes halogenated alkanes) is 1. The average Bonchev–Trinajstić information content (AvgIpc) is 2.87. The number of hydrogen-bond acceptors (Lipinski definition) is 5. The molecule has 2 aromatic carbocycles. The van der Waals surface area contributed by atoms with E-state index < -0.39 is 5.97 Å². The normalized spacial score (nSPS) is 15.1. The fourth-order valence-electron chi connectivity index (χ4n) is 4.43. The standard InChI is InChI=1S/C28H38N2O5.ClH/c29-28(33)24-15-17-30(18-16-24)20-25(34-19-7-6-12-27(31)32)21-35-26-11-5-4-10-23(26)14-13-22-8-2-1-3-9-22;/h1-5,8-11,24-25H,6-7,12-21H2,(H2,29,33)(H,31,32);1H. The summed E-state index contributed by atoms with van der Waals surface area (Å²) in [5, 5.41) is 8.85. The van der Waals surface area contributed by atoms with E-state index in [1.54, 1.807) is 0 Å². The molecule has 2 aromatic rings. The number of ether oxygens (including phenoxy) is 2. The van der Waals surface area contributed by atoms with E-state index in [0.717, 1.165) is 44.5 Å². The first-order valence-corrected chi connectivity index (χ1v) is 12.6. The molecular formula is C28H39ClN2O5. The molecule has 0 aromatic heterocycles. The van der Waals surface area contributed by atoms with E-state index in [1.807, 2.05) is 24.3 Å². The molecule has 1 fully saturated rings. The number of aliphatic carboxylic acids is 1. The van der Waals surface area contributed by atoms with Crippen molar-refractivity contribution in [3.63, 3.8) is 0 Å². The van der Waals surface area contributed by atoms with Gasteiger partial charge in [-0.15, -0.1) is 12.4 Å². The SMILES string of the molecule is Cl.NC(=O)C1CCN(CC(COc2ccccc2CCc2ccccc2)OCCCCC(=O)O)CC1. The summed E-state index contributed by atoms with van der Waals surface area (Å²) in [6, 6.07) is 18.5. The Hall–Kier alpha value is -2.61. The van der Waals surface area contributed by atoms with Gasteiger partial charge >= 0.3 is 5.97 Å². The van der Waals surface area contributed by atoms with Crippen LogP contribution in [0.15, 0.2) is 54.6 Å². The van der Waals surface area contributed by atoms with Crippen LogP contribution in [0.2, 0.25) is 0 Å². The number of piperidine rings is 1. The van der Waals surface area contributed by atoms with Gasteiger partial charge in [0.15, 0.2) is 0 Å². The first-order chi connectivity index (χ1) is 17.0.